The average Bonchev–Trinajstić information content (AvgIpc) is 2.65. The molecule has 0 aromatic heterocycles. The van der Waals surface area contributed by atoms with Gasteiger partial charge in [-0.1, -0.05) is 20.8 Å². The van der Waals surface area contributed by atoms with Crippen molar-refractivity contribution in [1.82, 2.24) is 0 Å². The molecule has 2 saturated carbocycles. The Labute approximate surface area is 120 Å². The van der Waals surface area contributed by atoms with Crippen molar-refractivity contribution in [2.24, 2.45) is 28.6 Å². The quantitative estimate of drug-likeness (QED) is 0.861. The molecule has 1 N–H and O–H groups in total. The SMILES string of the molecule is COC[C@]1(C)C(C)C(=O)C[C@]2(CC(=O)O)C1CC[C@H]2C. The van der Waals surface area contributed by atoms with Crippen LogP contribution in [0.4, 0.5) is 0 Å². The van der Waals surface area contributed by atoms with Gasteiger partial charge in [0.05, 0.1) is 13.0 Å². The summed E-state index contributed by atoms with van der Waals surface area (Å²) in [5.41, 5.74) is -0.618. The zero-order valence-electron chi connectivity index (χ0n) is 12.9. The Morgan fingerprint density at radius 3 is 2.60 bits per heavy atom. The molecule has 5 atom stereocenters. The number of aliphatic carboxylic acids is 1. The summed E-state index contributed by atoms with van der Waals surface area (Å²) in [7, 11) is 1.66. The molecule has 0 heterocycles. The molecule has 0 spiro atoms. The lowest BCUT2D eigenvalue weighted by atomic mass is 9.50. The van der Waals surface area contributed by atoms with Gasteiger partial charge in [0.15, 0.2) is 0 Å². The molecule has 0 bridgehead atoms. The lowest BCUT2D eigenvalue weighted by Crippen LogP contribution is -2.55. The first-order chi connectivity index (χ1) is 9.28. The Bertz CT molecular complexity index is 419. The predicted octanol–water partition coefficient (Wildman–Crippen LogP) is 2.76. The number of carboxylic acid groups (broad SMARTS) is 1. The lowest BCUT2D eigenvalue weighted by molar-refractivity contribution is -0.158. The molecule has 0 radical (unpaired) electrons. The Balaban J connectivity index is 2.46. The summed E-state index contributed by atoms with van der Waals surface area (Å²) in [5, 5.41) is 9.34. The molecule has 0 aromatic carbocycles. The number of carbonyl (C=O) groups excluding carboxylic acids is 1. The number of Topliss-reactive ketones (excluding diaryl/α,β-unsaturated/α-hetero) is 1. The number of rotatable bonds is 4. The maximum absolute atomic E-state index is 12.5. The fourth-order valence-electron chi connectivity index (χ4n) is 4.94. The van der Waals surface area contributed by atoms with Gasteiger partial charge in [-0.3, -0.25) is 9.59 Å². The van der Waals surface area contributed by atoms with E-state index in [9.17, 15) is 14.7 Å². The highest BCUT2D eigenvalue weighted by molar-refractivity contribution is 5.84. The molecule has 2 aliphatic carbocycles. The van der Waals surface area contributed by atoms with Gasteiger partial charge in [0.2, 0.25) is 0 Å². The second-order valence-electron chi connectivity index (χ2n) is 7.14. The Morgan fingerprint density at radius 1 is 1.40 bits per heavy atom. The van der Waals surface area contributed by atoms with Crippen molar-refractivity contribution in [3.8, 4) is 0 Å². The number of hydrogen-bond acceptors (Lipinski definition) is 3. The molecular formula is C16H26O4. The first-order valence-electron chi connectivity index (χ1n) is 7.51. The molecule has 0 aromatic rings. The van der Waals surface area contributed by atoms with Gasteiger partial charge < -0.3 is 9.84 Å². The van der Waals surface area contributed by atoms with E-state index in [0.29, 0.717) is 13.0 Å². The van der Waals surface area contributed by atoms with E-state index in [2.05, 4.69) is 13.8 Å². The number of carbonyl (C=O) groups is 2. The van der Waals surface area contributed by atoms with E-state index in [1.165, 1.54) is 0 Å². The predicted molar refractivity (Wildman–Crippen MR) is 75.3 cm³/mol. The fraction of sp³-hybridized carbons (Fsp3) is 0.875. The lowest BCUT2D eigenvalue weighted by Gasteiger charge is -2.53. The van der Waals surface area contributed by atoms with Crippen molar-refractivity contribution in [3.63, 3.8) is 0 Å². The van der Waals surface area contributed by atoms with Crippen LogP contribution in [0.2, 0.25) is 0 Å². The third kappa shape index (κ3) is 2.09. The summed E-state index contributed by atoms with van der Waals surface area (Å²) in [6, 6.07) is 0. The molecule has 2 unspecified atom stereocenters. The zero-order valence-corrected chi connectivity index (χ0v) is 12.9. The van der Waals surface area contributed by atoms with Crippen LogP contribution in [0.3, 0.4) is 0 Å². The van der Waals surface area contributed by atoms with Crippen LogP contribution in [0.5, 0.6) is 0 Å². The molecule has 4 heteroatoms. The highest BCUT2D eigenvalue weighted by atomic mass is 16.5. The molecule has 20 heavy (non-hydrogen) atoms. The first kappa shape index (κ1) is 15.5. The Kier molecular flexibility index (Phi) is 3.98. The monoisotopic (exact) mass is 282 g/mol. The number of ketones is 1. The molecule has 2 fully saturated rings. The topological polar surface area (TPSA) is 63.6 Å². The largest absolute Gasteiger partial charge is 0.481 e. The highest BCUT2D eigenvalue weighted by Crippen LogP contribution is 2.64. The van der Waals surface area contributed by atoms with E-state index in [4.69, 9.17) is 4.74 Å². The molecule has 4 nitrogen and oxygen atoms in total. The standard InChI is InChI=1S/C16H26O4/c1-10-5-6-13-15(3,9-20-4)11(2)12(17)7-16(10,13)8-14(18)19/h10-11,13H,5-9H2,1-4H3,(H,18,19)/t10-,11?,13?,15-,16-/m1/s1. The number of ether oxygens (including phenoxy) is 1. The summed E-state index contributed by atoms with van der Waals surface area (Å²) < 4.78 is 5.40. The molecule has 114 valence electrons. The van der Waals surface area contributed by atoms with Crippen LogP contribution >= 0.6 is 0 Å². The summed E-state index contributed by atoms with van der Waals surface area (Å²) in [4.78, 5) is 23.9. The van der Waals surface area contributed by atoms with Crippen LogP contribution in [0.25, 0.3) is 0 Å². The maximum Gasteiger partial charge on any atom is 0.303 e. The smallest absolute Gasteiger partial charge is 0.303 e. The van der Waals surface area contributed by atoms with Gasteiger partial charge >= 0.3 is 5.97 Å². The summed E-state index contributed by atoms with van der Waals surface area (Å²) in [6.07, 6.45) is 2.55. The van der Waals surface area contributed by atoms with Crippen LogP contribution < -0.4 is 0 Å². The number of hydrogen-bond donors (Lipinski definition) is 1. The normalized spacial score (nSPS) is 44.4. The van der Waals surface area contributed by atoms with Crippen molar-refractivity contribution in [2.45, 2.75) is 46.5 Å². The summed E-state index contributed by atoms with van der Waals surface area (Å²) in [6.45, 7) is 6.73. The Hall–Kier alpha value is -0.900. The van der Waals surface area contributed by atoms with Crippen LogP contribution in [-0.2, 0) is 14.3 Å². The second-order valence-corrected chi connectivity index (χ2v) is 7.14. The van der Waals surface area contributed by atoms with Gasteiger partial charge in [-0.05, 0) is 30.1 Å². The first-order valence-corrected chi connectivity index (χ1v) is 7.51. The van der Waals surface area contributed by atoms with Crippen molar-refractivity contribution in [3.05, 3.63) is 0 Å². The second kappa shape index (κ2) is 5.14. The van der Waals surface area contributed by atoms with Crippen LogP contribution in [0.1, 0.15) is 46.5 Å². The van der Waals surface area contributed by atoms with E-state index in [1.54, 1.807) is 7.11 Å². The van der Waals surface area contributed by atoms with E-state index in [1.807, 2.05) is 6.92 Å². The average molecular weight is 282 g/mol. The summed E-state index contributed by atoms with van der Waals surface area (Å²) >= 11 is 0. The van der Waals surface area contributed by atoms with Crippen molar-refractivity contribution in [2.75, 3.05) is 13.7 Å². The third-order valence-electron chi connectivity index (χ3n) is 6.27. The minimum atomic E-state index is -0.786. The van der Waals surface area contributed by atoms with Gasteiger partial charge in [0.1, 0.15) is 5.78 Å². The van der Waals surface area contributed by atoms with Gasteiger partial charge in [0, 0.05) is 24.9 Å². The highest BCUT2D eigenvalue weighted by Gasteiger charge is 2.62. The minimum Gasteiger partial charge on any atom is -0.481 e. The fourth-order valence-corrected chi connectivity index (χ4v) is 4.94. The van der Waals surface area contributed by atoms with Crippen LogP contribution in [0.15, 0.2) is 0 Å². The maximum atomic E-state index is 12.5. The Morgan fingerprint density at radius 2 is 2.05 bits per heavy atom. The van der Waals surface area contributed by atoms with Gasteiger partial charge in [-0.25, -0.2) is 0 Å². The van der Waals surface area contributed by atoms with Crippen LogP contribution in [0, 0.1) is 28.6 Å². The molecule has 0 amide bonds. The van der Waals surface area contributed by atoms with E-state index in [-0.39, 0.29) is 40.8 Å². The molecule has 0 aliphatic heterocycles. The van der Waals surface area contributed by atoms with E-state index in [0.717, 1.165) is 12.8 Å². The van der Waals surface area contributed by atoms with Crippen molar-refractivity contribution in [1.29, 1.82) is 0 Å². The molecule has 0 saturated heterocycles. The number of fused-ring (bicyclic) bond motifs is 1. The van der Waals surface area contributed by atoms with E-state index >= 15 is 0 Å². The minimum absolute atomic E-state index is 0.0559. The number of carboxylic acids is 1. The van der Waals surface area contributed by atoms with Crippen molar-refractivity contribution < 1.29 is 19.4 Å². The van der Waals surface area contributed by atoms with Crippen LogP contribution in [-0.4, -0.2) is 30.6 Å². The molecule has 2 aliphatic rings. The third-order valence-corrected chi connectivity index (χ3v) is 6.27. The number of methoxy groups -OCH3 is 1. The van der Waals surface area contributed by atoms with E-state index < -0.39 is 5.97 Å². The van der Waals surface area contributed by atoms with Gasteiger partial charge in [-0.15, -0.1) is 0 Å². The zero-order chi connectivity index (χ0) is 15.1. The van der Waals surface area contributed by atoms with Gasteiger partial charge in [-0.2, -0.15) is 0 Å². The molecular weight excluding hydrogens is 256 g/mol. The molecule has 2 rings (SSSR count). The van der Waals surface area contributed by atoms with Crippen molar-refractivity contribution >= 4 is 11.8 Å². The van der Waals surface area contributed by atoms with Gasteiger partial charge in [0.25, 0.3) is 0 Å². The summed E-state index contributed by atoms with van der Waals surface area (Å²) in [5.74, 6) is -0.0914.